The molecule has 1 unspecified atom stereocenters. The van der Waals surface area contributed by atoms with Gasteiger partial charge in [-0.25, -0.2) is 4.39 Å². The predicted molar refractivity (Wildman–Crippen MR) is 73.9 cm³/mol. The lowest BCUT2D eigenvalue weighted by molar-refractivity contribution is 0.628. The molecular weight excluding hydrogens is 225 g/mol. The first-order valence-corrected chi connectivity index (χ1v) is 6.26. The van der Waals surface area contributed by atoms with Crippen LogP contribution in [0.4, 0.5) is 4.39 Å². The van der Waals surface area contributed by atoms with E-state index in [1.165, 1.54) is 17.7 Å². The van der Waals surface area contributed by atoms with Gasteiger partial charge in [0.15, 0.2) is 0 Å². The molecule has 0 bridgehead atoms. The molecule has 1 nitrogen and oxygen atoms in total. The quantitative estimate of drug-likeness (QED) is 0.864. The molecule has 0 aliphatic carbocycles. The van der Waals surface area contributed by atoms with Crippen molar-refractivity contribution in [1.82, 2.24) is 0 Å². The van der Waals surface area contributed by atoms with Crippen molar-refractivity contribution in [2.24, 2.45) is 5.73 Å². The molecule has 0 aromatic heterocycles. The molecule has 2 heteroatoms. The van der Waals surface area contributed by atoms with Crippen molar-refractivity contribution in [3.05, 3.63) is 59.9 Å². The summed E-state index contributed by atoms with van der Waals surface area (Å²) in [5.41, 5.74) is 9.01. The van der Waals surface area contributed by atoms with Crippen LogP contribution in [-0.4, -0.2) is 6.54 Å². The van der Waals surface area contributed by atoms with Gasteiger partial charge in [0.1, 0.15) is 5.82 Å². The third-order valence-electron chi connectivity index (χ3n) is 3.26. The molecule has 0 saturated heterocycles. The number of rotatable bonds is 4. The second-order valence-electron chi connectivity index (χ2n) is 4.61. The maximum absolute atomic E-state index is 12.8. The lowest BCUT2D eigenvalue weighted by Gasteiger charge is -2.11. The number of nitrogens with two attached hydrogens (primary N) is 1. The fourth-order valence-corrected chi connectivity index (χ4v) is 2.06. The molecule has 2 rings (SSSR count). The van der Waals surface area contributed by atoms with E-state index in [1.54, 1.807) is 12.1 Å². The molecule has 2 N–H and O–H groups in total. The van der Waals surface area contributed by atoms with E-state index in [0.717, 1.165) is 17.5 Å². The summed E-state index contributed by atoms with van der Waals surface area (Å²) in [5.74, 6) is 0.282. The Balaban J connectivity index is 2.19. The van der Waals surface area contributed by atoms with Gasteiger partial charge in [-0.15, -0.1) is 0 Å². The van der Waals surface area contributed by atoms with Gasteiger partial charge in [-0.2, -0.15) is 0 Å². The number of benzene rings is 2. The van der Waals surface area contributed by atoms with E-state index in [2.05, 4.69) is 31.2 Å². The van der Waals surface area contributed by atoms with Crippen molar-refractivity contribution < 1.29 is 4.39 Å². The molecule has 0 aliphatic heterocycles. The van der Waals surface area contributed by atoms with Crippen LogP contribution in [0.5, 0.6) is 0 Å². The Hall–Kier alpha value is -1.67. The van der Waals surface area contributed by atoms with E-state index in [1.807, 2.05) is 0 Å². The summed E-state index contributed by atoms with van der Waals surface area (Å²) in [6.45, 7) is 2.89. The van der Waals surface area contributed by atoms with Crippen LogP contribution in [-0.2, 0) is 0 Å². The lowest BCUT2D eigenvalue weighted by Crippen LogP contribution is -2.04. The Kier molecular flexibility index (Phi) is 4.11. The Morgan fingerprint density at radius 2 is 1.44 bits per heavy atom. The Bertz CT molecular complexity index is 488. The van der Waals surface area contributed by atoms with E-state index < -0.39 is 0 Å². The molecule has 2 aromatic carbocycles. The van der Waals surface area contributed by atoms with Crippen molar-refractivity contribution in [3.8, 4) is 11.1 Å². The van der Waals surface area contributed by atoms with Crippen LogP contribution in [0.25, 0.3) is 11.1 Å². The van der Waals surface area contributed by atoms with Crippen LogP contribution in [0, 0.1) is 5.82 Å². The van der Waals surface area contributed by atoms with E-state index in [0.29, 0.717) is 12.5 Å². The van der Waals surface area contributed by atoms with Gasteiger partial charge in [-0.05, 0) is 47.7 Å². The van der Waals surface area contributed by atoms with Crippen LogP contribution in [0.15, 0.2) is 48.5 Å². The summed E-state index contributed by atoms with van der Waals surface area (Å²) >= 11 is 0. The fourth-order valence-electron chi connectivity index (χ4n) is 2.06. The number of halogens is 1. The van der Waals surface area contributed by atoms with Crippen molar-refractivity contribution in [1.29, 1.82) is 0 Å². The average molecular weight is 243 g/mol. The highest BCUT2D eigenvalue weighted by Crippen LogP contribution is 2.24. The van der Waals surface area contributed by atoms with Gasteiger partial charge < -0.3 is 5.73 Å². The minimum absolute atomic E-state index is 0.202. The third-order valence-corrected chi connectivity index (χ3v) is 3.26. The highest BCUT2D eigenvalue weighted by Gasteiger charge is 2.04. The maximum atomic E-state index is 12.8. The molecule has 18 heavy (non-hydrogen) atoms. The number of hydrogen-bond donors (Lipinski definition) is 1. The molecule has 94 valence electrons. The van der Waals surface area contributed by atoms with Gasteiger partial charge >= 0.3 is 0 Å². The fraction of sp³-hybridized carbons (Fsp3) is 0.250. The number of hydrogen-bond acceptors (Lipinski definition) is 1. The van der Waals surface area contributed by atoms with Crippen LogP contribution in [0.3, 0.4) is 0 Å². The topological polar surface area (TPSA) is 26.0 Å². The molecule has 2 aromatic rings. The monoisotopic (exact) mass is 243 g/mol. The standard InChI is InChI=1S/C16H18FN/c1-12(10-11-18)13-2-4-14(5-3-13)15-6-8-16(17)9-7-15/h2-9,12H,10-11,18H2,1H3. The molecule has 0 radical (unpaired) electrons. The Labute approximate surface area is 107 Å². The van der Waals surface area contributed by atoms with Gasteiger partial charge in [0.05, 0.1) is 0 Å². The smallest absolute Gasteiger partial charge is 0.123 e. The summed E-state index contributed by atoms with van der Waals surface area (Å²) in [6.07, 6.45) is 0.996. The first-order valence-electron chi connectivity index (χ1n) is 6.26. The Morgan fingerprint density at radius 3 is 1.94 bits per heavy atom. The van der Waals surface area contributed by atoms with Gasteiger partial charge in [0.2, 0.25) is 0 Å². The average Bonchev–Trinajstić information content (AvgIpc) is 2.40. The molecule has 0 aliphatic rings. The van der Waals surface area contributed by atoms with Gasteiger partial charge in [-0.1, -0.05) is 43.3 Å². The van der Waals surface area contributed by atoms with Crippen LogP contribution < -0.4 is 5.73 Å². The zero-order valence-electron chi connectivity index (χ0n) is 10.6. The molecule has 0 fully saturated rings. The molecule has 0 amide bonds. The van der Waals surface area contributed by atoms with Crippen molar-refractivity contribution >= 4 is 0 Å². The lowest BCUT2D eigenvalue weighted by atomic mass is 9.95. The zero-order chi connectivity index (χ0) is 13.0. The summed E-state index contributed by atoms with van der Waals surface area (Å²) in [6, 6.07) is 15.0. The Morgan fingerprint density at radius 1 is 0.944 bits per heavy atom. The molecule has 0 saturated carbocycles. The van der Waals surface area contributed by atoms with Crippen LogP contribution in [0.2, 0.25) is 0 Å². The summed E-state index contributed by atoms with van der Waals surface area (Å²) in [5, 5.41) is 0. The third kappa shape index (κ3) is 2.96. The first kappa shape index (κ1) is 12.8. The van der Waals surface area contributed by atoms with Crippen molar-refractivity contribution in [2.75, 3.05) is 6.54 Å². The second-order valence-corrected chi connectivity index (χ2v) is 4.61. The van der Waals surface area contributed by atoms with Gasteiger partial charge in [0, 0.05) is 0 Å². The normalized spacial score (nSPS) is 12.4. The SMILES string of the molecule is CC(CCN)c1ccc(-c2ccc(F)cc2)cc1. The van der Waals surface area contributed by atoms with E-state index >= 15 is 0 Å². The summed E-state index contributed by atoms with van der Waals surface area (Å²) in [4.78, 5) is 0. The van der Waals surface area contributed by atoms with Gasteiger partial charge in [0.25, 0.3) is 0 Å². The van der Waals surface area contributed by atoms with Crippen molar-refractivity contribution in [3.63, 3.8) is 0 Å². The predicted octanol–water partition coefficient (Wildman–Crippen LogP) is 3.95. The maximum Gasteiger partial charge on any atom is 0.123 e. The first-order chi connectivity index (χ1) is 8.70. The zero-order valence-corrected chi connectivity index (χ0v) is 10.6. The van der Waals surface area contributed by atoms with E-state index in [9.17, 15) is 4.39 Å². The minimum Gasteiger partial charge on any atom is -0.330 e. The molecule has 1 atom stereocenters. The van der Waals surface area contributed by atoms with E-state index in [4.69, 9.17) is 5.73 Å². The van der Waals surface area contributed by atoms with Crippen molar-refractivity contribution in [2.45, 2.75) is 19.3 Å². The van der Waals surface area contributed by atoms with E-state index in [-0.39, 0.29) is 5.82 Å². The van der Waals surface area contributed by atoms with Crippen LogP contribution >= 0.6 is 0 Å². The molecule has 0 spiro atoms. The molecular formula is C16H18FN. The minimum atomic E-state index is -0.202. The second kappa shape index (κ2) is 5.78. The summed E-state index contributed by atoms with van der Waals surface area (Å²) in [7, 11) is 0. The summed E-state index contributed by atoms with van der Waals surface area (Å²) < 4.78 is 12.8. The van der Waals surface area contributed by atoms with Gasteiger partial charge in [-0.3, -0.25) is 0 Å². The highest BCUT2D eigenvalue weighted by molar-refractivity contribution is 5.63. The molecule has 0 heterocycles. The largest absolute Gasteiger partial charge is 0.330 e. The van der Waals surface area contributed by atoms with Crippen LogP contribution in [0.1, 0.15) is 24.8 Å². The highest BCUT2D eigenvalue weighted by atomic mass is 19.1.